The predicted octanol–water partition coefficient (Wildman–Crippen LogP) is 4.76. The van der Waals surface area contributed by atoms with Gasteiger partial charge in [0.15, 0.2) is 0 Å². The molecule has 1 amide bonds. The van der Waals surface area contributed by atoms with Crippen LogP contribution < -0.4 is 15.8 Å². The summed E-state index contributed by atoms with van der Waals surface area (Å²) in [6, 6.07) is 20.6. The fourth-order valence-corrected chi connectivity index (χ4v) is 3.72. The van der Waals surface area contributed by atoms with Crippen LogP contribution >= 0.6 is 0 Å². The first-order valence-corrected chi connectivity index (χ1v) is 10.4. The lowest BCUT2D eigenvalue weighted by atomic mass is 10.1. The highest BCUT2D eigenvalue weighted by atomic mass is 16.6. The Labute approximate surface area is 190 Å². The minimum absolute atomic E-state index is 0.106. The Morgan fingerprint density at radius 3 is 2.52 bits per heavy atom. The molecule has 0 unspecified atom stereocenters. The van der Waals surface area contributed by atoms with Gasteiger partial charge in [-0.05, 0) is 36.9 Å². The lowest BCUT2D eigenvalue weighted by Crippen LogP contribution is -2.31. The van der Waals surface area contributed by atoms with E-state index in [1.807, 2.05) is 68.4 Å². The van der Waals surface area contributed by atoms with Gasteiger partial charge in [0, 0.05) is 17.5 Å². The van der Waals surface area contributed by atoms with Crippen molar-refractivity contribution in [3.63, 3.8) is 0 Å². The zero-order valence-corrected chi connectivity index (χ0v) is 18.1. The molecule has 33 heavy (non-hydrogen) atoms. The molecular weight excluding hydrogens is 420 g/mol. The first kappa shape index (κ1) is 21.7. The van der Waals surface area contributed by atoms with Gasteiger partial charge in [-0.3, -0.25) is 25.8 Å². The zero-order chi connectivity index (χ0) is 23.4. The fraction of sp³-hybridized carbons (Fsp3) is 0.125. The Hall–Kier alpha value is -4.53. The molecular formula is C24H22N6O3. The summed E-state index contributed by atoms with van der Waals surface area (Å²) >= 11 is 0. The number of hydrazine groups is 1. The number of hydrogen-bond donors (Lipinski definition) is 2. The molecule has 0 aliphatic heterocycles. The van der Waals surface area contributed by atoms with E-state index in [1.165, 1.54) is 6.33 Å². The molecule has 4 aromatic rings. The summed E-state index contributed by atoms with van der Waals surface area (Å²) < 4.78 is 0. The van der Waals surface area contributed by atoms with Gasteiger partial charge in [0.25, 0.3) is 5.91 Å². The second-order valence-electron chi connectivity index (χ2n) is 7.29. The van der Waals surface area contributed by atoms with Crippen molar-refractivity contribution in [2.75, 3.05) is 16.9 Å². The molecule has 9 nitrogen and oxygen atoms in total. The van der Waals surface area contributed by atoms with Gasteiger partial charge in [0.05, 0.1) is 10.6 Å². The summed E-state index contributed by atoms with van der Waals surface area (Å²) in [5.41, 5.74) is 6.79. The van der Waals surface area contributed by atoms with Gasteiger partial charge in [-0.25, -0.2) is 9.97 Å². The molecule has 0 saturated carbocycles. The zero-order valence-electron chi connectivity index (χ0n) is 18.1. The maximum absolute atomic E-state index is 12.6. The van der Waals surface area contributed by atoms with Crippen LogP contribution in [0.15, 0.2) is 73.1 Å². The van der Waals surface area contributed by atoms with E-state index < -0.39 is 10.8 Å². The minimum atomic E-state index is -0.550. The number of aromatic nitrogens is 2. The van der Waals surface area contributed by atoms with E-state index in [-0.39, 0.29) is 17.3 Å². The van der Waals surface area contributed by atoms with Crippen LogP contribution in [0.2, 0.25) is 0 Å². The standard InChI is InChI=1S/C24H22N6O3/c1-3-29(20-14-8-11-17-10-5-7-13-19(17)20)23-21(30(32)33)22(25-15-26-23)27-28-24(31)18-12-6-4-9-16(18)2/h4-15H,3H2,1-2H3,(H,28,31)(H,25,26,27). The van der Waals surface area contributed by atoms with Crippen LogP contribution in [-0.4, -0.2) is 27.3 Å². The molecule has 2 N–H and O–H groups in total. The van der Waals surface area contributed by atoms with Crippen molar-refractivity contribution in [3.8, 4) is 0 Å². The van der Waals surface area contributed by atoms with Crippen molar-refractivity contribution in [1.29, 1.82) is 0 Å². The number of benzene rings is 3. The number of nitrogens with one attached hydrogen (secondary N) is 2. The monoisotopic (exact) mass is 442 g/mol. The molecule has 0 atom stereocenters. The number of carbonyl (C=O) groups is 1. The van der Waals surface area contributed by atoms with Gasteiger partial charge in [-0.2, -0.15) is 0 Å². The molecule has 0 saturated heterocycles. The number of rotatable bonds is 7. The average molecular weight is 442 g/mol. The van der Waals surface area contributed by atoms with E-state index in [9.17, 15) is 14.9 Å². The number of hydrogen-bond acceptors (Lipinski definition) is 7. The number of anilines is 3. The number of carbonyl (C=O) groups excluding carboxylic acids is 1. The average Bonchev–Trinajstić information content (AvgIpc) is 2.83. The van der Waals surface area contributed by atoms with Crippen molar-refractivity contribution >= 4 is 39.7 Å². The topological polar surface area (TPSA) is 113 Å². The lowest BCUT2D eigenvalue weighted by molar-refractivity contribution is -0.383. The maximum atomic E-state index is 12.6. The highest BCUT2D eigenvalue weighted by Gasteiger charge is 2.28. The summed E-state index contributed by atoms with van der Waals surface area (Å²) in [5, 5.41) is 14.0. The van der Waals surface area contributed by atoms with Gasteiger partial charge in [-0.15, -0.1) is 0 Å². The maximum Gasteiger partial charge on any atom is 0.355 e. The minimum Gasteiger partial charge on any atom is -0.320 e. The molecule has 1 heterocycles. The molecule has 166 valence electrons. The van der Waals surface area contributed by atoms with Gasteiger partial charge in [0.2, 0.25) is 11.6 Å². The number of nitro groups is 1. The van der Waals surface area contributed by atoms with Crippen LogP contribution in [0.1, 0.15) is 22.8 Å². The van der Waals surface area contributed by atoms with Gasteiger partial charge in [-0.1, -0.05) is 54.6 Å². The van der Waals surface area contributed by atoms with Crippen LogP contribution in [0.25, 0.3) is 10.8 Å². The Bertz CT molecular complexity index is 1340. The van der Waals surface area contributed by atoms with Gasteiger partial charge < -0.3 is 4.90 Å². The molecule has 9 heteroatoms. The van der Waals surface area contributed by atoms with E-state index in [1.54, 1.807) is 17.0 Å². The molecule has 0 bridgehead atoms. The van der Waals surface area contributed by atoms with Crippen molar-refractivity contribution in [3.05, 3.63) is 94.3 Å². The largest absolute Gasteiger partial charge is 0.355 e. The summed E-state index contributed by atoms with van der Waals surface area (Å²) in [6.07, 6.45) is 1.23. The van der Waals surface area contributed by atoms with Crippen molar-refractivity contribution in [1.82, 2.24) is 15.4 Å². The van der Waals surface area contributed by atoms with Crippen molar-refractivity contribution in [2.24, 2.45) is 0 Å². The van der Waals surface area contributed by atoms with E-state index >= 15 is 0 Å². The van der Waals surface area contributed by atoms with Crippen molar-refractivity contribution in [2.45, 2.75) is 13.8 Å². The van der Waals surface area contributed by atoms with Crippen LogP contribution in [0.3, 0.4) is 0 Å². The second kappa shape index (κ2) is 9.31. The summed E-state index contributed by atoms with van der Waals surface area (Å²) in [5.74, 6) is -0.406. The SMILES string of the molecule is CCN(c1ncnc(NNC(=O)c2ccccc2C)c1[N+](=O)[O-])c1cccc2ccccc12. The molecule has 0 spiro atoms. The summed E-state index contributed by atoms with van der Waals surface area (Å²) in [4.78, 5) is 34.1. The van der Waals surface area contributed by atoms with E-state index in [0.717, 1.165) is 22.0 Å². The first-order valence-electron chi connectivity index (χ1n) is 10.4. The Balaban J connectivity index is 1.72. The molecule has 3 aromatic carbocycles. The number of amides is 1. The van der Waals surface area contributed by atoms with Crippen LogP contribution in [0.5, 0.6) is 0 Å². The molecule has 0 radical (unpaired) electrons. The summed E-state index contributed by atoms with van der Waals surface area (Å²) in [7, 11) is 0. The van der Waals surface area contributed by atoms with Crippen molar-refractivity contribution < 1.29 is 9.72 Å². The third-order valence-electron chi connectivity index (χ3n) is 5.30. The lowest BCUT2D eigenvalue weighted by Gasteiger charge is -2.24. The predicted molar refractivity (Wildman–Crippen MR) is 128 cm³/mol. The van der Waals surface area contributed by atoms with Gasteiger partial charge in [0.1, 0.15) is 6.33 Å². The second-order valence-corrected chi connectivity index (χ2v) is 7.29. The summed E-state index contributed by atoms with van der Waals surface area (Å²) in [6.45, 7) is 4.13. The number of nitrogens with zero attached hydrogens (tertiary/aromatic N) is 4. The normalized spacial score (nSPS) is 10.6. The molecule has 0 fully saturated rings. The smallest absolute Gasteiger partial charge is 0.320 e. The van der Waals surface area contributed by atoms with E-state index in [2.05, 4.69) is 20.8 Å². The Morgan fingerprint density at radius 2 is 1.76 bits per heavy atom. The first-order chi connectivity index (χ1) is 16.0. The Kier molecular flexibility index (Phi) is 6.12. The highest BCUT2D eigenvalue weighted by molar-refractivity contribution is 5.98. The highest BCUT2D eigenvalue weighted by Crippen LogP contribution is 2.38. The van der Waals surface area contributed by atoms with Crippen LogP contribution in [0, 0.1) is 17.0 Å². The number of aryl methyl sites for hydroxylation is 1. The third kappa shape index (κ3) is 4.29. The quantitative estimate of drug-likeness (QED) is 0.313. The van der Waals surface area contributed by atoms with Gasteiger partial charge >= 0.3 is 5.69 Å². The molecule has 1 aromatic heterocycles. The van der Waals surface area contributed by atoms with E-state index in [0.29, 0.717) is 12.1 Å². The number of fused-ring (bicyclic) bond motifs is 1. The Morgan fingerprint density at radius 1 is 1.03 bits per heavy atom. The van der Waals surface area contributed by atoms with E-state index in [4.69, 9.17) is 0 Å². The van der Waals surface area contributed by atoms with Crippen LogP contribution in [0.4, 0.5) is 23.0 Å². The third-order valence-corrected chi connectivity index (χ3v) is 5.30. The fourth-order valence-electron chi connectivity index (χ4n) is 3.72. The molecule has 0 aliphatic rings. The van der Waals surface area contributed by atoms with Crippen LogP contribution in [-0.2, 0) is 0 Å². The molecule has 4 rings (SSSR count). The molecule has 0 aliphatic carbocycles.